The molecule has 32 heavy (non-hydrogen) atoms. The minimum absolute atomic E-state index is 0.0615. The van der Waals surface area contributed by atoms with Gasteiger partial charge in [-0.3, -0.25) is 14.5 Å². The van der Waals surface area contributed by atoms with Crippen molar-refractivity contribution in [3.63, 3.8) is 0 Å². The second-order valence-electron chi connectivity index (χ2n) is 7.01. The van der Waals surface area contributed by atoms with Gasteiger partial charge in [0.05, 0.1) is 35.0 Å². The van der Waals surface area contributed by atoms with Crippen LogP contribution in [0, 0.1) is 6.92 Å². The summed E-state index contributed by atoms with van der Waals surface area (Å²) in [5, 5.41) is 9.93. The molecule has 4 N–H and O–H groups in total. The average molecular weight is 442 g/mol. The molecule has 0 aliphatic carbocycles. The van der Waals surface area contributed by atoms with Gasteiger partial charge in [0, 0.05) is 26.5 Å². The molecule has 0 aliphatic rings. The highest BCUT2D eigenvalue weighted by molar-refractivity contribution is 5.99. The van der Waals surface area contributed by atoms with E-state index in [4.69, 9.17) is 5.73 Å². The van der Waals surface area contributed by atoms with Crippen LogP contribution in [0.5, 0.6) is 0 Å². The first-order chi connectivity index (χ1) is 15.3. The first kappa shape index (κ1) is 21.1. The molecule has 0 bridgehead atoms. The van der Waals surface area contributed by atoms with E-state index in [2.05, 4.69) is 35.7 Å². The SMILES string of the molecule is CNc1nc(Nc2cn(CC(F)F)nc2C)c(C(N)=O)nc1-c1cncc2c1ncn2C. The van der Waals surface area contributed by atoms with Gasteiger partial charge in [0.15, 0.2) is 17.3 Å². The van der Waals surface area contributed by atoms with Gasteiger partial charge in [-0.05, 0) is 6.92 Å². The van der Waals surface area contributed by atoms with Crippen molar-refractivity contribution in [3.8, 4) is 11.3 Å². The molecule has 0 saturated carbocycles. The number of nitrogens with two attached hydrogens (primary N) is 1. The number of aryl methyl sites for hydroxylation is 2. The van der Waals surface area contributed by atoms with Gasteiger partial charge in [0.25, 0.3) is 12.3 Å². The molecule has 0 spiro atoms. The topological polar surface area (TPSA) is 141 Å². The lowest BCUT2D eigenvalue weighted by molar-refractivity contribution is 0.0996. The molecule has 0 aliphatic heterocycles. The molecular weight excluding hydrogens is 422 g/mol. The molecule has 0 unspecified atom stereocenters. The van der Waals surface area contributed by atoms with Crippen LogP contribution in [0.15, 0.2) is 24.9 Å². The van der Waals surface area contributed by atoms with Crippen molar-refractivity contribution in [1.29, 1.82) is 0 Å². The molecule has 1 amide bonds. The number of anilines is 3. The molecule has 0 fully saturated rings. The number of nitrogens with one attached hydrogen (secondary N) is 2. The molecule has 0 radical (unpaired) electrons. The molecular formula is C19H20F2N10O. The second kappa shape index (κ2) is 8.17. The maximum absolute atomic E-state index is 12.7. The van der Waals surface area contributed by atoms with Gasteiger partial charge in [0.2, 0.25) is 0 Å². The van der Waals surface area contributed by atoms with Crippen molar-refractivity contribution in [2.24, 2.45) is 12.8 Å². The van der Waals surface area contributed by atoms with Crippen LogP contribution in [0.4, 0.5) is 26.1 Å². The Hall–Kier alpha value is -4.16. The monoisotopic (exact) mass is 442 g/mol. The van der Waals surface area contributed by atoms with E-state index in [0.29, 0.717) is 34.0 Å². The Balaban J connectivity index is 1.82. The number of hydrogen-bond acceptors (Lipinski definition) is 8. The van der Waals surface area contributed by atoms with Crippen molar-refractivity contribution in [2.45, 2.75) is 19.9 Å². The third kappa shape index (κ3) is 3.79. The summed E-state index contributed by atoms with van der Waals surface area (Å²) >= 11 is 0. The normalized spacial score (nSPS) is 11.3. The maximum Gasteiger partial charge on any atom is 0.271 e. The molecule has 4 aromatic rings. The van der Waals surface area contributed by atoms with Gasteiger partial charge in [-0.1, -0.05) is 0 Å². The number of aromatic nitrogens is 7. The third-order valence-corrected chi connectivity index (χ3v) is 4.78. The van der Waals surface area contributed by atoms with Gasteiger partial charge in [0.1, 0.15) is 17.8 Å². The number of nitrogens with zero attached hydrogens (tertiary/aromatic N) is 7. The Morgan fingerprint density at radius 2 is 2.03 bits per heavy atom. The van der Waals surface area contributed by atoms with E-state index in [1.807, 2.05) is 11.6 Å². The average Bonchev–Trinajstić information content (AvgIpc) is 3.29. The van der Waals surface area contributed by atoms with Crippen molar-refractivity contribution in [2.75, 3.05) is 17.7 Å². The minimum Gasteiger partial charge on any atom is -0.371 e. The summed E-state index contributed by atoms with van der Waals surface area (Å²) < 4.78 is 28.3. The van der Waals surface area contributed by atoms with Crippen LogP contribution < -0.4 is 16.4 Å². The molecule has 13 heteroatoms. The molecule has 4 aromatic heterocycles. The number of hydrogen-bond donors (Lipinski definition) is 3. The zero-order valence-electron chi connectivity index (χ0n) is 17.5. The highest BCUT2D eigenvalue weighted by Crippen LogP contribution is 2.32. The highest BCUT2D eigenvalue weighted by Gasteiger charge is 2.22. The van der Waals surface area contributed by atoms with Crippen molar-refractivity contribution >= 4 is 34.3 Å². The van der Waals surface area contributed by atoms with Gasteiger partial charge < -0.3 is 20.9 Å². The van der Waals surface area contributed by atoms with Crippen LogP contribution in [-0.2, 0) is 13.6 Å². The van der Waals surface area contributed by atoms with Crippen molar-refractivity contribution in [1.82, 2.24) is 34.3 Å². The summed E-state index contributed by atoms with van der Waals surface area (Å²) in [6, 6.07) is 0. The Morgan fingerprint density at radius 3 is 2.72 bits per heavy atom. The second-order valence-corrected chi connectivity index (χ2v) is 7.01. The van der Waals surface area contributed by atoms with Gasteiger partial charge >= 0.3 is 0 Å². The van der Waals surface area contributed by atoms with Crippen molar-refractivity contribution in [3.05, 3.63) is 36.3 Å². The number of fused-ring (bicyclic) bond motifs is 1. The first-order valence-corrected chi connectivity index (χ1v) is 9.52. The predicted octanol–water partition coefficient (Wildman–Crippen LogP) is 2.08. The summed E-state index contributed by atoms with van der Waals surface area (Å²) in [5.74, 6) is -0.413. The van der Waals surface area contributed by atoms with E-state index in [1.54, 1.807) is 32.7 Å². The molecule has 0 atom stereocenters. The number of halogens is 2. The summed E-state index contributed by atoms with van der Waals surface area (Å²) in [5.41, 5.74) is 8.60. The van der Waals surface area contributed by atoms with Gasteiger partial charge in [-0.15, -0.1) is 0 Å². The first-order valence-electron chi connectivity index (χ1n) is 9.52. The number of alkyl halides is 2. The van der Waals surface area contributed by atoms with Gasteiger partial charge in [-0.25, -0.2) is 23.7 Å². The zero-order valence-corrected chi connectivity index (χ0v) is 17.5. The van der Waals surface area contributed by atoms with E-state index >= 15 is 0 Å². The lowest BCUT2D eigenvalue weighted by Crippen LogP contribution is -2.18. The fourth-order valence-corrected chi connectivity index (χ4v) is 3.28. The lowest BCUT2D eigenvalue weighted by Gasteiger charge is -2.14. The van der Waals surface area contributed by atoms with Crippen LogP contribution in [0.2, 0.25) is 0 Å². The zero-order chi connectivity index (χ0) is 23.0. The highest BCUT2D eigenvalue weighted by atomic mass is 19.3. The Bertz CT molecular complexity index is 1310. The number of rotatable bonds is 7. The van der Waals surface area contributed by atoms with Crippen LogP contribution in [-0.4, -0.2) is 53.7 Å². The number of carbonyl (C=O) groups excluding carboxylic acids is 1. The Morgan fingerprint density at radius 1 is 1.25 bits per heavy atom. The fourth-order valence-electron chi connectivity index (χ4n) is 3.28. The van der Waals surface area contributed by atoms with E-state index in [1.165, 1.54) is 6.20 Å². The smallest absolute Gasteiger partial charge is 0.271 e. The fraction of sp³-hybridized carbons (Fsp3) is 0.263. The number of primary amides is 1. The largest absolute Gasteiger partial charge is 0.371 e. The number of imidazole rings is 1. The summed E-state index contributed by atoms with van der Waals surface area (Å²) in [6.07, 6.45) is 3.74. The Kier molecular flexibility index (Phi) is 5.38. The quantitative estimate of drug-likeness (QED) is 0.395. The van der Waals surface area contributed by atoms with E-state index in [9.17, 15) is 13.6 Å². The number of pyridine rings is 1. The Labute approximate surface area is 180 Å². The third-order valence-electron chi connectivity index (χ3n) is 4.78. The van der Waals surface area contributed by atoms with E-state index in [-0.39, 0.29) is 11.5 Å². The standard InChI is InChI=1S/C19H20F2N10O/c1-9-11(6-31(29-9)7-13(20)21)26-19-16(17(22)32)27-15(18(23-2)28-19)10-4-24-5-12-14(10)25-8-30(12)3/h4-6,8,13H,7H2,1-3H3,(H2,22,32)(H2,23,26,28). The molecule has 4 rings (SSSR count). The van der Waals surface area contributed by atoms with Crippen molar-refractivity contribution < 1.29 is 13.6 Å². The van der Waals surface area contributed by atoms with Crippen LogP contribution in [0.1, 0.15) is 16.2 Å². The van der Waals surface area contributed by atoms with E-state index in [0.717, 1.165) is 10.2 Å². The molecule has 166 valence electrons. The molecule has 11 nitrogen and oxygen atoms in total. The van der Waals surface area contributed by atoms with Crippen LogP contribution in [0.25, 0.3) is 22.3 Å². The predicted molar refractivity (Wildman–Crippen MR) is 114 cm³/mol. The summed E-state index contributed by atoms with van der Waals surface area (Å²) in [4.78, 5) is 29.8. The molecule has 4 heterocycles. The minimum atomic E-state index is -2.55. The summed E-state index contributed by atoms with van der Waals surface area (Å²) in [7, 11) is 3.49. The number of amides is 1. The molecule has 0 saturated heterocycles. The summed E-state index contributed by atoms with van der Waals surface area (Å²) in [6.45, 7) is 1.08. The maximum atomic E-state index is 12.7. The van der Waals surface area contributed by atoms with E-state index < -0.39 is 18.9 Å². The molecule has 0 aromatic carbocycles. The lowest BCUT2D eigenvalue weighted by atomic mass is 10.1. The van der Waals surface area contributed by atoms with Crippen LogP contribution >= 0.6 is 0 Å². The number of carbonyl (C=O) groups is 1. The van der Waals surface area contributed by atoms with Crippen LogP contribution in [0.3, 0.4) is 0 Å². The van der Waals surface area contributed by atoms with Gasteiger partial charge in [-0.2, -0.15) is 5.10 Å².